The molecule has 0 aromatic heterocycles. The summed E-state index contributed by atoms with van der Waals surface area (Å²) in [7, 11) is 3.15. The largest absolute Gasteiger partial charge is 0.494 e. The number of nitrogens with one attached hydrogen (secondary N) is 2. The standard InChI is InChI=1S/C31H40N4O7/c1-7-41-26-12-19-14-35(29(32)21(19)13-22(26)30(39)33-5)16-25(36)18-10-23(31(2,3)4)28(40-6)24(11-18)34-9-8-20(15-34)42-17-27(37)38/h10-13,20,32H,7-9,14-17H2,1-6H3,(H,33,39)(H,37,38). The van der Waals surface area contributed by atoms with Crippen molar-refractivity contribution in [3.63, 3.8) is 0 Å². The van der Waals surface area contributed by atoms with Gasteiger partial charge in [-0.1, -0.05) is 20.8 Å². The normalized spacial score (nSPS) is 16.4. The van der Waals surface area contributed by atoms with Crippen LogP contribution in [-0.4, -0.2) is 86.6 Å². The first-order chi connectivity index (χ1) is 19.9. The predicted octanol–water partition coefficient (Wildman–Crippen LogP) is 3.45. The van der Waals surface area contributed by atoms with Crippen LogP contribution in [0, 0.1) is 5.41 Å². The van der Waals surface area contributed by atoms with Crippen LogP contribution in [0.2, 0.25) is 0 Å². The van der Waals surface area contributed by atoms with Crippen molar-refractivity contribution < 1.29 is 33.7 Å². The fraction of sp³-hybridized carbons (Fsp3) is 0.484. The van der Waals surface area contributed by atoms with Gasteiger partial charge in [-0.25, -0.2) is 4.79 Å². The Balaban J connectivity index is 1.63. The highest BCUT2D eigenvalue weighted by atomic mass is 16.5. The van der Waals surface area contributed by atoms with Gasteiger partial charge in [0.25, 0.3) is 5.91 Å². The first-order valence-electron chi connectivity index (χ1n) is 14.1. The minimum atomic E-state index is -1.01. The molecule has 2 aliphatic heterocycles. The molecule has 11 heteroatoms. The molecule has 0 aliphatic carbocycles. The molecule has 4 rings (SSSR count). The first kappa shape index (κ1) is 30.8. The average Bonchev–Trinajstić information content (AvgIpc) is 3.54. The minimum absolute atomic E-state index is 0.0213. The second-order valence-corrected chi connectivity index (χ2v) is 11.5. The lowest BCUT2D eigenvalue weighted by Gasteiger charge is -2.29. The van der Waals surface area contributed by atoms with Crippen LogP contribution in [0.5, 0.6) is 11.5 Å². The molecule has 11 nitrogen and oxygen atoms in total. The Morgan fingerprint density at radius 3 is 2.52 bits per heavy atom. The Labute approximate surface area is 246 Å². The Hall–Kier alpha value is -4.12. The Bertz CT molecular complexity index is 1400. The van der Waals surface area contributed by atoms with Gasteiger partial charge < -0.3 is 34.4 Å². The molecule has 1 fully saturated rings. The number of ether oxygens (including phenoxy) is 3. The van der Waals surface area contributed by atoms with Crippen LogP contribution in [0.25, 0.3) is 0 Å². The van der Waals surface area contributed by atoms with Crippen molar-refractivity contribution >= 4 is 29.2 Å². The van der Waals surface area contributed by atoms with Gasteiger partial charge in [0, 0.05) is 43.4 Å². The van der Waals surface area contributed by atoms with E-state index < -0.39 is 5.97 Å². The number of carbonyl (C=O) groups excluding carboxylic acids is 2. The summed E-state index contributed by atoms with van der Waals surface area (Å²) >= 11 is 0. The van der Waals surface area contributed by atoms with Crippen LogP contribution >= 0.6 is 0 Å². The van der Waals surface area contributed by atoms with E-state index in [2.05, 4.69) is 31.0 Å². The summed E-state index contributed by atoms with van der Waals surface area (Å²) in [5.41, 5.74) is 3.55. The maximum atomic E-state index is 13.8. The van der Waals surface area contributed by atoms with Crippen molar-refractivity contribution in [2.75, 3.05) is 51.9 Å². The van der Waals surface area contributed by atoms with Crippen molar-refractivity contribution in [1.82, 2.24) is 10.2 Å². The number of anilines is 1. The Morgan fingerprint density at radius 1 is 1.17 bits per heavy atom. The molecule has 42 heavy (non-hydrogen) atoms. The fourth-order valence-corrected chi connectivity index (χ4v) is 5.47. The summed E-state index contributed by atoms with van der Waals surface area (Å²) in [6, 6.07) is 7.12. The summed E-state index contributed by atoms with van der Waals surface area (Å²) in [4.78, 5) is 41.0. The number of hydrogen-bond acceptors (Lipinski definition) is 8. The lowest BCUT2D eigenvalue weighted by Crippen LogP contribution is -2.31. The van der Waals surface area contributed by atoms with Crippen molar-refractivity contribution in [1.29, 1.82) is 5.41 Å². The van der Waals surface area contributed by atoms with Gasteiger partial charge in [-0.05, 0) is 48.6 Å². The van der Waals surface area contributed by atoms with E-state index in [4.69, 9.17) is 24.7 Å². The van der Waals surface area contributed by atoms with Crippen molar-refractivity contribution in [3.05, 3.63) is 52.1 Å². The second-order valence-electron chi connectivity index (χ2n) is 11.5. The molecule has 0 bridgehead atoms. The number of benzene rings is 2. The third kappa shape index (κ3) is 6.35. The lowest BCUT2D eigenvalue weighted by atomic mass is 9.84. The smallest absolute Gasteiger partial charge is 0.329 e. The van der Waals surface area contributed by atoms with Gasteiger partial charge in [-0.15, -0.1) is 0 Å². The summed E-state index contributed by atoms with van der Waals surface area (Å²) < 4.78 is 17.1. The molecule has 0 radical (unpaired) electrons. The average molecular weight is 581 g/mol. The molecule has 0 spiro atoms. The second kappa shape index (κ2) is 12.4. The zero-order chi connectivity index (χ0) is 30.8. The van der Waals surface area contributed by atoms with Crippen molar-refractivity contribution in [3.8, 4) is 11.5 Å². The number of amides is 1. The number of carboxylic acids is 1. The van der Waals surface area contributed by atoms with E-state index in [0.717, 1.165) is 16.8 Å². The monoisotopic (exact) mass is 580 g/mol. The molecule has 3 N–H and O–H groups in total. The predicted molar refractivity (Wildman–Crippen MR) is 158 cm³/mol. The van der Waals surface area contributed by atoms with Gasteiger partial charge in [0.15, 0.2) is 5.78 Å². The van der Waals surface area contributed by atoms with E-state index in [9.17, 15) is 14.4 Å². The first-order valence-corrected chi connectivity index (χ1v) is 14.1. The van der Waals surface area contributed by atoms with Crippen LogP contribution in [0.3, 0.4) is 0 Å². The highest BCUT2D eigenvalue weighted by Gasteiger charge is 2.33. The van der Waals surface area contributed by atoms with Gasteiger partial charge in [-0.2, -0.15) is 0 Å². The molecular weight excluding hydrogens is 540 g/mol. The van der Waals surface area contributed by atoms with E-state index in [1.54, 1.807) is 31.2 Å². The SMILES string of the molecule is CCOc1cc2c(cc1C(=O)NC)C(=N)N(CC(=O)c1cc(N3CCC(OCC(=O)O)C3)c(OC)c(C(C)(C)C)c1)C2. The van der Waals surface area contributed by atoms with Crippen molar-refractivity contribution in [2.24, 2.45) is 0 Å². The van der Waals surface area contributed by atoms with Crippen LogP contribution < -0.4 is 19.7 Å². The molecule has 1 atom stereocenters. The number of ketones is 1. The number of methoxy groups -OCH3 is 1. The molecular formula is C31H40N4O7. The number of carbonyl (C=O) groups is 3. The number of hydrogen-bond donors (Lipinski definition) is 3. The van der Waals surface area contributed by atoms with Gasteiger partial charge >= 0.3 is 5.97 Å². The van der Waals surface area contributed by atoms with Crippen LogP contribution in [0.4, 0.5) is 5.69 Å². The molecule has 1 amide bonds. The van der Waals surface area contributed by atoms with Crippen LogP contribution in [-0.2, 0) is 21.5 Å². The van der Waals surface area contributed by atoms with E-state index in [1.807, 2.05) is 19.1 Å². The number of carboxylic acid groups (broad SMARTS) is 1. The topological polar surface area (TPSA) is 141 Å². The number of aliphatic carboxylic acids is 1. The van der Waals surface area contributed by atoms with Crippen LogP contribution in [0.15, 0.2) is 24.3 Å². The lowest BCUT2D eigenvalue weighted by molar-refractivity contribution is -0.143. The van der Waals surface area contributed by atoms with Crippen molar-refractivity contribution in [2.45, 2.75) is 52.2 Å². The summed E-state index contributed by atoms with van der Waals surface area (Å²) in [6.07, 6.45) is 0.415. The highest BCUT2D eigenvalue weighted by Crippen LogP contribution is 2.41. The summed E-state index contributed by atoms with van der Waals surface area (Å²) in [5.74, 6) is -0.179. The number of amidine groups is 1. The zero-order valence-electron chi connectivity index (χ0n) is 25.1. The zero-order valence-corrected chi connectivity index (χ0v) is 25.1. The fourth-order valence-electron chi connectivity index (χ4n) is 5.47. The molecule has 226 valence electrons. The van der Waals surface area contributed by atoms with E-state index >= 15 is 0 Å². The number of fused-ring (bicyclic) bond motifs is 1. The van der Waals surface area contributed by atoms with Gasteiger partial charge in [0.05, 0.1) is 37.6 Å². The van der Waals surface area contributed by atoms with Gasteiger partial charge in [0.1, 0.15) is 23.9 Å². The molecule has 0 saturated carbocycles. The van der Waals surface area contributed by atoms with E-state index in [1.165, 1.54) is 0 Å². The third-order valence-corrected chi connectivity index (χ3v) is 7.58. The molecule has 2 aliphatic rings. The van der Waals surface area contributed by atoms with E-state index in [-0.39, 0.29) is 42.2 Å². The Kier molecular flexibility index (Phi) is 9.10. The molecule has 2 aromatic carbocycles. The van der Waals surface area contributed by atoms with E-state index in [0.29, 0.717) is 60.9 Å². The molecule has 2 heterocycles. The maximum Gasteiger partial charge on any atom is 0.329 e. The number of Topliss-reactive ketones (excluding diaryl/α,β-unsaturated/α-hetero) is 1. The maximum absolute atomic E-state index is 13.8. The summed E-state index contributed by atoms with van der Waals surface area (Å²) in [5, 5.41) is 20.4. The highest BCUT2D eigenvalue weighted by molar-refractivity contribution is 6.08. The molecule has 1 saturated heterocycles. The number of rotatable bonds is 11. The van der Waals surface area contributed by atoms with Gasteiger partial charge in [0.2, 0.25) is 0 Å². The van der Waals surface area contributed by atoms with Crippen LogP contribution in [0.1, 0.15) is 71.5 Å². The summed E-state index contributed by atoms with van der Waals surface area (Å²) in [6.45, 7) is 9.47. The minimum Gasteiger partial charge on any atom is -0.494 e. The van der Waals surface area contributed by atoms with Gasteiger partial charge in [-0.3, -0.25) is 15.0 Å². The molecule has 2 aromatic rings. The molecule has 1 unspecified atom stereocenters. The Morgan fingerprint density at radius 2 is 1.90 bits per heavy atom. The quantitative estimate of drug-likeness (QED) is 0.341. The third-order valence-electron chi connectivity index (χ3n) is 7.58. The number of nitrogens with zero attached hydrogens (tertiary/aromatic N) is 2.